The average Bonchev–Trinajstić information content (AvgIpc) is 3.59. The molecular weight excluding hydrogens is 476 g/mol. The van der Waals surface area contributed by atoms with E-state index >= 15 is 0 Å². The number of hydrogen-bond donors (Lipinski definition) is 3. The van der Waals surface area contributed by atoms with E-state index < -0.39 is 0 Å². The molecule has 6 rings (SSSR count). The van der Waals surface area contributed by atoms with Crippen LogP contribution < -0.4 is 16.0 Å². The highest BCUT2D eigenvalue weighted by molar-refractivity contribution is 7.20. The van der Waals surface area contributed by atoms with E-state index in [1.165, 1.54) is 32.9 Å². The molecule has 3 aliphatic rings. The van der Waals surface area contributed by atoms with Crippen LogP contribution in [0.3, 0.4) is 0 Å². The van der Waals surface area contributed by atoms with Crippen molar-refractivity contribution in [2.24, 2.45) is 5.92 Å². The second kappa shape index (κ2) is 10.3. The highest BCUT2D eigenvalue weighted by Crippen LogP contribution is 2.34. The number of nitrogens with one attached hydrogen (secondary N) is 3. The van der Waals surface area contributed by atoms with Gasteiger partial charge in [0.1, 0.15) is 4.83 Å². The zero-order valence-electron chi connectivity index (χ0n) is 20.8. The molecule has 0 saturated carbocycles. The van der Waals surface area contributed by atoms with Crippen LogP contribution in [0.4, 0.5) is 0 Å². The Hall–Kier alpha value is -3.44. The number of nitrogens with zero attached hydrogens (tertiary/aromatic N) is 5. The maximum atomic E-state index is 11.8. The van der Waals surface area contributed by atoms with Crippen LogP contribution in [0.1, 0.15) is 31.0 Å². The first-order chi connectivity index (χ1) is 17.4. The zero-order valence-corrected chi connectivity index (χ0v) is 21.6. The van der Waals surface area contributed by atoms with Gasteiger partial charge in [-0.25, -0.2) is 4.52 Å². The Morgan fingerprint density at radius 2 is 2.14 bits per heavy atom. The lowest BCUT2D eigenvalue weighted by molar-refractivity contribution is -0.122. The van der Waals surface area contributed by atoms with Gasteiger partial charge in [-0.1, -0.05) is 0 Å². The normalized spacial score (nSPS) is 19.4. The van der Waals surface area contributed by atoms with Crippen LogP contribution in [-0.4, -0.2) is 62.8 Å². The van der Waals surface area contributed by atoms with Crippen LogP contribution in [0.2, 0.25) is 0 Å². The first-order valence-electron chi connectivity index (χ1n) is 12.3. The Labute approximate surface area is 214 Å². The third-order valence-electron chi connectivity index (χ3n) is 6.75. The molecule has 3 N–H and O–H groups in total. The first-order valence-corrected chi connectivity index (χ1v) is 13.1. The Morgan fingerprint density at radius 1 is 1.31 bits per heavy atom. The second-order valence-corrected chi connectivity index (χ2v) is 10.7. The van der Waals surface area contributed by atoms with Crippen LogP contribution in [0.15, 0.2) is 42.3 Å². The molecule has 6 heterocycles. The van der Waals surface area contributed by atoms with Crippen molar-refractivity contribution in [2.75, 3.05) is 20.1 Å². The number of carbonyl (C=O) groups excluding carboxylic acids is 2. The summed E-state index contributed by atoms with van der Waals surface area (Å²) in [6.45, 7) is 7.06. The summed E-state index contributed by atoms with van der Waals surface area (Å²) in [5.74, 6) is 0.472. The van der Waals surface area contributed by atoms with E-state index in [1.54, 1.807) is 23.6 Å². The Balaban J connectivity index is 0.000000149. The van der Waals surface area contributed by atoms with Crippen molar-refractivity contribution in [1.29, 1.82) is 0 Å². The number of rotatable bonds is 6. The number of aryl methyl sites for hydroxylation is 2. The minimum absolute atomic E-state index is 0.0161. The molecule has 0 bridgehead atoms. The van der Waals surface area contributed by atoms with Crippen LogP contribution in [0.5, 0.6) is 0 Å². The highest BCUT2D eigenvalue weighted by atomic mass is 32.1. The highest BCUT2D eigenvalue weighted by Gasteiger charge is 2.26. The van der Waals surface area contributed by atoms with Crippen LogP contribution in [-0.2, 0) is 22.6 Å². The van der Waals surface area contributed by atoms with E-state index in [9.17, 15) is 9.59 Å². The summed E-state index contributed by atoms with van der Waals surface area (Å²) < 4.78 is 4.10. The van der Waals surface area contributed by atoms with E-state index in [1.807, 2.05) is 30.9 Å². The third-order valence-corrected chi connectivity index (χ3v) is 8.00. The lowest BCUT2D eigenvalue weighted by Gasteiger charge is -2.35. The van der Waals surface area contributed by atoms with Gasteiger partial charge < -0.3 is 20.9 Å². The SMILES string of the molecule is CC1NC=C(NC(=O)CC2CN(C)C2)C=C1NC=O.Cc1cnn2cc(-c3cnn4c3CCC4)sc12. The molecule has 3 aliphatic heterocycles. The fraction of sp³-hybridized carbons (Fsp3) is 0.440. The van der Waals surface area contributed by atoms with E-state index in [0.29, 0.717) is 24.4 Å². The molecule has 3 aromatic heterocycles. The van der Waals surface area contributed by atoms with Gasteiger partial charge in [-0.3, -0.25) is 14.3 Å². The summed E-state index contributed by atoms with van der Waals surface area (Å²) in [5.41, 5.74) is 5.34. The minimum Gasteiger partial charge on any atom is -0.381 e. The average molecular weight is 509 g/mol. The molecule has 0 aromatic carbocycles. The van der Waals surface area contributed by atoms with Gasteiger partial charge in [0.25, 0.3) is 0 Å². The van der Waals surface area contributed by atoms with Crippen LogP contribution >= 0.6 is 11.3 Å². The van der Waals surface area contributed by atoms with Gasteiger partial charge in [0, 0.05) is 61.0 Å². The zero-order chi connectivity index (χ0) is 25.2. The van der Waals surface area contributed by atoms with Crippen LogP contribution in [0.25, 0.3) is 15.3 Å². The fourth-order valence-electron chi connectivity index (χ4n) is 4.87. The molecule has 190 valence electrons. The molecule has 1 atom stereocenters. The van der Waals surface area contributed by atoms with Crippen LogP contribution in [0, 0.1) is 12.8 Å². The van der Waals surface area contributed by atoms with Gasteiger partial charge in [-0.15, -0.1) is 11.3 Å². The molecule has 0 aliphatic carbocycles. The summed E-state index contributed by atoms with van der Waals surface area (Å²) >= 11 is 1.80. The maximum absolute atomic E-state index is 11.8. The minimum atomic E-state index is 0.0161. The van der Waals surface area contributed by atoms with Gasteiger partial charge in [-0.05, 0) is 45.7 Å². The van der Waals surface area contributed by atoms with E-state index in [0.717, 1.165) is 31.8 Å². The molecular formula is C25H32N8O2S. The molecule has 2 amide bonds. The fourth-order valence-corrected chi connectivity index (χ4v) is 5.92. The van der Waals surface area contributed by atoms with Gasteiger partial charge in [-0.2, -0.15) is 10.2 Å². The monoisotopic (exact) mass is 508 g/mol. The van der Waals surface area contributed by atoms with Crippen molar-refractivity contribution in [3.63, 3.8) is 0 Å². The second-order valence-electron chi connectivity index (χ2n) is 9.69. The predicted octanol–water partition coefficient (Wildman–Crippen LogP) is 2.03. The first kappa shape index (κ1) is 24.3. The van der Waals surface area contributed by atoms with E-state index in [-0.39, 0.29) is 11.9 Å². The molecule has 0 spiro atoms. The van der Waals surface area contributed by atoms with Gasteiger partial charge >= 0.3 is 0 Å². The number of hydrogen-bond acceptors (Lipinski definition) is 7. The summed E-state index contributed by atoms with van der Waals surface area (Å²) in [7, 11) is 2.05. The molecule has 1 saturated heterocycles. The molecule has 3 aromatic rings. The molecule has 10 nitrogen and oxygen atoms in total. The molecule has 11 heteroatoms. The number of aromatic nitrogens is 4. The number of allylic oxidation sites excluding steroid dienone is 1. The lowest BCUT2D eigenvalue weighted by Crippen LogP contribution is -2.46. The number of amides is 2. The standard InChI is InChI=1S/C13H20N4O2.C12H12N4S/c1-9-12(15-8-18)4-11(5-14-9)16-13(19)3-10-6-17(2)7-10;1-8-5-13-16-7-11(17-12(8)16)9-6-14-15-4-2-3-10(9)15/h4-5,8-10,14H,3,6-7H2,1-2H3,(H,15,18)(H,16,19);5-7H,2-4H2,1H3. The molecule has 36 heavy (non-hydrogen) atoms. The summed E-state index contributed by atoms with van der Waals surface area (Å²) in [4.78, 5) is 27.0. The maximum Gasteiger partial charge on any atom is 0.224 e. The number of carbonyl (C=O) groups is 2. The van der Waals surface area contributed by atoms with Crippen molar-refractivity contribution in [1.82, 2.24) is 40.2 Å². The topological polar surface area (TPSA) is 109 Å². The van der Waals surface area contributed by atoms with Crippen molar-refractivity contribution >= 4 is 28.5 Å². The van der Waals surface area contributed by atoms with Crippen molar-refractivity contribution in [3.05, 3.63) is 53.5 Å². The number of likely N-dealkylation sites (tertiary alicyclic amines) is 1. The number of thiazole rings is 1. The lowest BCUT2D eigenvalue weighted by atomic mass is 9.97. The van der Waals surface area contributed by atoms with E-state index in [4.69, 9.17) is 0 Å². The third kappa shape index (κ3) is 5.07. The predicted molar refractivity (Wildman–Crippen MR) is 139 cm³/mol. The van der Waals surface area contributed by atoms with Gasteiger partial charge in [0.2, 0.25) is 12.3 Å². The smallest absolute Gasteiger partial charge is 0.224 e. The largest absolute Gasteiger partial charge is 0.381 e. The van der Waals surface area contributed by atoms with Crippen molar-refractivity contribution < 1.29 is 9.59 Å². The van der Waals surface area contributed by atoms with Crippen molar-refractivity contribution in [3.8, 4) is 10.4 Å². The Morgan fingerprint density at radius 3 is 2.89 bits per heavy atom. The Kier molecular flexibility index (Phi) is 6.92. The molecule has 1 unspecified atom stereocenters. The summed E-state index contributed by atoms with van der Waals surface area (Å²) in [6.07, 6.45) is 13.1. The summed E-state index contributed by atoms with van der Waals surface area (Å²) in [5, 5.41) is 17.3. The van der Waals surface area contributed by atoms with Gasteiger partial charge in [0.15, 0.2) is 0 Å². The molecule has 0 radical (unpaired) electrons. The number of fused-ring (bicyclic) bond motifs is 2. The number of dihydropyridines is 1. The molecule has 1 fully saturated rings. The summed E-state index contributed by atoms with van der Waals surface area (Å²) in [6, 6.07) is 0.0335. The van der Waals surface area contributed by atoms with E-state index in [2.05, 4.69) is 48.9 Å². The quantitative estimate of drug-likeness (QED) is 0.440. The van der Waals surface area contributed by atoms with Crippen molar-refractivity contribution in [2.45, 2.75) is 45.7 Å². The Bertz CT molecular complexity index is 1330. The van der Waals surface area contributed by atoms with Gasteiger partial charge in [0.05, 0.1) is 29.0 Å².